The van der Waals surface area contributed by atoms with E-state index in [1.807, 2.05) is 65.6 Å². The average molecular weight is 456 g/mol. The lowest BCUT2D eigenvalue weighted by molar-refractivity contribution is -0.128. The average Bonchev–Trinajstić information content (AvgIpc) is 3.41. The number of hydrogen-bond acceptors (Lipinski definition) is 4. The molecule has 0 aliphatic carbocycles. The second kappa shape index (κ2) is 9.59. The number of carbonyl (C=O) groups excluding carboxylic acids is 1. The first-order valence-electron chi connectivity index (χ1n) is 11.7. The molecule has 1 amide bonds. The molecule has 1 fully saturated rings. The van der Waals surface area contributed by atoms with Gasteiger partial charge >= 0.3 is 0 Å². The summed E-state index contributed by atoms with van der Waals surface area (Å²) in [7, 11) is 1.65. The van der Waals surface area contributed by atoms with Crippen molar-refractivity contribution < 1.29 is 14.3 Å². The van der Waals surface area contributed by atoms with E-state index in [1.165, 1.54) is 0 Å². The van der Waals surface area contributed by atoms with Crippen LogP contribution in [0.15, 0.2) is 72.8 Å². The van der Waals surface area contributed by atoms with Gasteiger partial charge in [-0.25, -0.2) is 4.98 Å². The molecular formula is C28H29N3O3. The van der Waals surface area contributed by atoms with Gasteiger partial charge in [-0.05, 0) is 48.4 Å². The number of likely N-dealkylation sites (tertiary alicyclic amines) is 1. The van der Waals surface area contributed by atoms with Gasteiger partial charge in [-0.15, -0.1) is 0 Å². The largest absolute Gasteiger partial charge is 0.497 e. The minimum atomic E-state index is 0.0524. The Kier molecular flexibility index (Phi) is 6.21. The van der Waals surface area contributed by atoms with Crippen LogP contribution in [0.4, 0.5) is 0 Å². The maximum atomic E-state index is 12.9. The highest BCUT2D eigenvalue weighted by Gasteiger charge is 2.34. The predicted octanol–water partition coefficient (Wildman–Crippen LogP) is 4.95. The number of imidazole rings is 1. The number of methoxy groups -OCH3 is 1. The zero-order valence-corrected chi connectivity index (χ0v) is 19.6. The molecule has 174 valence electrons. The van der Waals surface area contributed by atoms with E-state index in [0.29, 0.717) is 32.7 Å². The monoisotopic (exact) mass is 455 g/mol. The van der Waals surface area contributed by atoms with Crippen molar-refractivity contribution in [1.29, 1.82) is 0 Å². The number of fused-ring (bicyclic) bond motifs is 1. The molecule has 0 bridgehead atoms. The summed E-state index contributed by atoms with van der Waals surface area (Å²) in [6.07, 6.45) is 0.470. The van der Waals surface area contributed by atoms with Gasteiger partial charge in [0, 0.05) is 25.4 Å². The minimum absolute atomic E-state index is 0.0524. The number of aromatic nitrogens is 2. The number of aryl methyl sites for hydroxylation is 1. The molecule has 0 N–H and O–H groups in total. The summed E-state index contributed by atoms with van der Waals surface area (Å²) in [6.45, 7) is 4.51. The number of nitrogens with zero attached hydrogens (tertiary/aromatic N) is 3. The number of carbonyl (C=O) groups is 1. The molecule has 34 heavy (non-hydrogen) atoms. The molecule has 2 heterocycles. The smallest absolute Gasteiger partial charge is 0.223 e. The lowest BCUT2D eigenvalue weighted by Gasteiger charge is -2.18. The van der Waals surface area contributed by atoms with E-state index >= 15 is 0 Å². The summed E-state index contributed by atoms with van der Waals surface area (Å²) in [5, 5.41) is 0. The van der Waals surface area contributed by atoms with Crippen LogP contribution in [0.1, 0.15) is 29.3 Å². The van der Waals surface area contributed by atoms with Crippen LogP contribution in [-0.4, -0.2) is 40.6 Å². The molecule has 1 atom stereocenters. The zero-order chi connectivity index (χ0) is 23.5. The number of ether oxygens (including phenoxy) is 2. The highest BCUT2D eigenvalue weighted by atomic mass is 16.5. The van der Waals surface area contributed by atoms with E-state index in [0.717, 1.165) is 39.5 Å². The number of amides is 1. The molecule has 1 aromatic heterocycles. The minimum Gasteiger partial charge on any atom is -0.497 e. The third-order valence-electron chi connectivity index (χ3n) is 6.46. The van der Waals surface area contributed by atoms with E-state index in [9.17, 15) is 4.79 Å². The van der Waals surface area contributed by atoms with Crippen molar-refractivity contribution in [3.05, 3.63) is 89.7 Å². The van der Waals surface area contributed by atoms with Crippen molar-refractivity contribution in [2.45, 2.75) is 32.4 Å². The summed E-state index contributed by atoms with van der Waals surface area (Å²) >= 11 is 0. The van der Waals surface area contributed by atoms with Crippen molar-refractivity contribution in [2.24, 2.45) is 0 Å². The predicted molar refractivity (Wildman–Crippen MR) is 132 cm³/mol. The Labute approximate surface area is 199 Å². The van der Waals surface area contributed by atoms with Gasteiger partial charge in [-0.1, -0.05) is 42.5 Å². The molecule has 0 spiro atoms. The molecule has 1 aliphatic rings. The standard InChI is InChI=1S/C28H29N3O3/c1-20-7-3-6-10-26(20)34-16-15-31-25-9-5-4-8-24(25)29-28(31)22-17-27(32)30(19-22)18-21-11-13-23(33-2)14-12-21/h3-14,22H,15-19H2,1-2H3. The fourth-order valence-electron chi connectivity index (χ4n) is 4.66. The van der Waals surface area contributed by atoms with E-state index < -0.39 is 0 Å². The van der Waals surface area contributed by atoms with Crippen molar-refractivity contribution in [3.63, 3.8) is 0 Å². The summed E-state index contributed by atoms with van der Waals surface area (Å²) in [5.41, 5.74) is 4.24. The van der Waals surface area contributed by atoms with Crippen LogP contribution in [-0.2, 0) is 17.9 Å². The fraction of sp³-hybridized carbons (Fsp3) is 0.286. The molecular weight excluding hydrogens is 426 g/mol. The molecule has 1 aliphatic heterocycles. The summed E-state index contributed by atoms with van der Waals surface area (Å²) in [4.78, 5) is 19.8. The molecule has 1 unspecified atom stereocenters. The summed E-state index contributed by atoms with van der Waals surface area (Å²) in [6, 6.07) is 24.1. The maximum Gasteiger partial charge on any atom is 0.223 e. The van der Waals surface area contributed by atoms with Crippen LogP contribution in [0, 0.1) is 6.92 Å². The topological polar surface area (TPSA) is 56.6 Å². The third-order valence-corrected chi connectivity index (χ3v) is 6.46. The first-order chi connectivity index (χ1) is 16.6. The number of rotatable bonds is 8. The van der Waals surface area contributed by atoms with E-state index in [2.05, 4.69) is 23.6 Å². The molecule has 6 nitrogen and oxygen atoms in total. The van der Waals surface area contributed by atoms with Crippen LogP contribution in [0.25, 0.3) is 11.0 Å². The summed E-state index contributed by atoms with van der Waals surface area (Å²) in [5.74, 6) is 2.89. The van der Waals surface area contributed by atoms with Gasteiger partial charge in [0.1, 0.15) is 23.9 Å². The van der Waals surface area contributed by atoms with Gasteiger partial charge < -0.3 is 18.9 Å². The van der Waals surface area contributed by atoms with Gasteiger partial charge in [0.05, 0.1) is 24.7 Å². The highest BCUT2D eigenvalue weighted by molar-refractivity contribution is 5.81. The van der Waals surface area contributed by atoms with Crippen LogP contribution < -0.4 is 9.47 Å². The molecule has 0 radical (unpaired) electrons. The highest BCUT2D eigenvalue weighted by Crippen LogP contribution is 2.31. The molecule has 0 saturated carbocycles. The lowest BCUT2D eigenvalue weighted by atomic mass is 10.1. The van der Waals surface area contributed by atoms with Crippen LogP contribution >= 0.6 is 0 Å². The third kappa shape index (κ3) is 4.49. The van der Waals surface area contributed by atoms with E-state index in [4.69, 9.17) is 14.5 Å². The molecule has 1 saturated heterocycles. The first kappa shape index (κ1) is 22.0. The Morgan fingerprint density at radius 2 is 1.76 bits per heavy atom. The Hall–Kier alpha value is -3.80. The number of benzene rings is 3. The van der Waals surface area contributed by atoms with Crippen molar-refractivity contribution >= 4 is 16.9 Å². The van der Waals surface area contributed by atoms with Gasteiger partial charge in [-0.2, -0.15) is 0 Å². The Balaban J connectivity index is 1.34. The first-order valence-corrected chi connectivity index (χ1v) is 11.7. The van der Waals surface area contributed by atoms with Gasteiger partial charge in [0.2, 0.25) is 5.91 Å². The normalized spacial score (nSPS) is 15.8. The zero-order valence-electron chi connectivity index (χ0n) is 19.6. The van der Waals surface area contributed by atoms with Gasteiger partial charge in [0.25, 0.3) is 0 Å². The van der Waals surface area contributed by atoms with Crippen LogP contribution in [0.3, 0.4) is 0 Å². The lowest BCUT2D eigenvalue weighted by Crippen LogP contribution is -2.24. The second-order valence-electron chi connectivity index (χ2n) is 8.75. The SMILES string of the molecule is COc1ccc(CN2CC(c3nc4ccccc4n3CCOc3ccccc3C)CC2=O)cc1. The fourth-order valence-corrected chi connectivity index (χ4v) is 4.66. The quantitative estimate of drug-likeness (QED) is 0.377. The van der Waals surface area contributed by atoms with Crippen molar-refractivity contribution in [1.82, 2.24) is 14.5 Å². The van der Waals surface area contributed by atoms with Crippen LogP contribution in [0.5, 0.6) is 11.5 Å². The maximum absolute atomic E-state index is 12.9. The van der Waals surface area contributed by atoms with E-state index in [-0.39, 0.29) is 11.8 Å². The van der Waals surface area contributed by atoms with Crippen LogP contribution in [0.2, 0.25) is 0 Å². The Morgan fingerprint density at radius 1 is 1.00 bits per heavy atom. The van der Waals surface area contributed by atoms with Gasteiger partial charge in [0.15, 0.2) is 0 Å². The van der Waals surface area contributed by atoms with E-state index in [1.54, 1.807) is 7.11 Å². The summed E-state index contributed by atoms with van der Waals surface area (Å²) < 4.78 is 13.5. The second-order valence-corrected chi connectivity index (χ2v) is 8.75. The Bertz CT molecular complexity index is 1300. The molecule has 5 rings (SSSR count). The molecule has 6 heteroatoms. The molecule has 3 aromatic carbocycles. The number of para-hydroxylation sites is 3. The van der Waals surface area contributed by atoms with Crippen molar-refractivity contribution in [3.8, 4) is 11.5 Å². The van der Waals surface area contributed by atoms with Crippen molar-refractivity contribution in [2.75, 3.05) is 20.3 Å². The van der Waals surface area contributed by atoms with Gasteiger partial charge in [-0.3, -0.25) is 4.79 Å². The Morgan fingerprint density at radius 3 is 2.56 bits per heavy atom. The number of hydrogen-bond donors (Lipinski definition) is 0. The molecule has 4 aromatic rings.